The van der Waals surface area contributed by atoms with Crippen molar-refractivity contribution in [2.24, 2.45) is 0 Å². The number of anilines is 1. The molecule has 30 heavy (non-hydrogen) atoms. The van der Waals surface area contributed by atoms with Gasteiger partial charge in [0.25, 0.3) is 5.91 Å². The summed E-state index contributed by atoms with van der Waals surface area (Å²) in [4.78, 5) is 17.8. The normalized spacial score (nSPS) is 10.9. The molecule has 0 radical (unpaired) electrons. The van der Waals surface area contributed by atoms with Gasteiger partial charge in [0.1, 0.15) is 12.4 Å². The molecule has 1 amide bonds. The molecule has 0 spiro atoms. The van der Waals surface area contributed by atoms with Crippen LogP contribution in [0.4, 0.5) is 5.13 Å². The predicted molar refractivity (Wildman–Crippen MR) is 122 cm³/mol. The maximum absolute atomic E-state index is 12.6. The highest BCUT2D eigenvalue weighted by Crippen LogP contribution is 2.28. The van der Waals surface area contributed by atoms with Crippen LogP contribution in [0.15, 0.2) is 47.3 Å². The van der Waals surface area contributed by atoms with Crippen LogP contribution in [0.2, 0.25) is 5.02 Å². The standard InChI is InChI=1S/C21H19ClN4O2S2/c1-3-26-13(2)17(9-23-26)18-12-30-21(24-18)25-20(27)19-8-14(11-29-19)10-28-16-6-4-15(22)5-7-16/h4-9,11-12H,3,10H2,1-2H3,(H,24,25,27). The Morgan fingerprint density at radius 2 is 2.03 bits per heavy atom. The van der Waals surface area contributed by atoms with Crippen molar-refractivity contribution in [1.29, 1.82) is 0 Å². The number of ether oxygens (including phenoxy) is 1. The fraction of sp³-hybridized carbons (Fsp3) is 0.190. The number of halogens is 1. The van der Waals surface area contributed by atoms with E-state index in [0.29, 0.717) is 21.6 Å². The van der Waals surface area contributed by atoms with Gasteiger partial charge >= 0.3 is 0 Å². The zero-order chi connectivity index (χ0) is 21.1. The molecule has 0 bridgehead atoms. The van der Waals surface area contributed by atoms with Gasteiger partial charge in [0.05, 0.1) is 16.8 Å². The quantitative estimate of drug-likeness (QED) is 0.375. The molecular formula is C21H19ClN4O2S2. The molecule has 4 rings (SSSR count). The van der Waals surface area contributed by atoms with Crippen molar-refractivity contribution < 1.29 is 9.53 Å². The van der Waals surface area contributed by atoms with Crippen LogP contribution in [0, 0.1) is 6.92 Å². The van der Waals surface area contributed by atoms with Gasteiger partial charge in [-0.05, 0) is 49.6 Å². The van der Waals surface area contributed by atoms with Gasteiger partial charge in [-0.3, -0.25) is 14.8 Å². The molecule has 0 fully saturated rings. The smallest absolute Gasteiger partial charge is 0.267 e. The summed E-state index contributed by atoms with van der Waals surface area (Å²) in [6.07, 6.45) is 1.81. The van der Waals surface area contributed by atoms with E-state index in [1.54, 1.807) is 12.1 Å². The molecule has 154 valence electrons. The monoisotopic (exact) mass is 458 g/mol. The maximum atomic E-state index is 12.6. The summed E-state index contributed by atoms with van der Waals surface area (Å²) in [5, 5.41) is 12.3. The summed E-state index contributed by atoms with van der Waals surface area (Å²) in [5.74, 6) is 0.549. The molecule has 9 heteroatoms. The number of carbonyl (C=O) groups is 1. The summed E-state index contributed by atoms with van der Waals surface area (Å²) < 4.78 is 7.65. The maximum Gasteiger partial charge on any atom is 0.267 e. The van der Waals surface area contributed by atoms with Gasteiger partial charge in [0.2, 0.25) is 0 Å². The van der Waals surface area contributed by atoms with E-state index in [4.69, 9.17) is 16.3 Å². The number of aryl methyl sites for hydroxylation is 1. The second-order valence-corrected chi connectivity index (χ2v) is 8.72. The molecule has 3 aromatic heterocycles. The van der Waals surface area contributed by atoms with E-state index in [-0.39, 0.29) is 5.91 Å². The van der Waals surface area contributed by atoms with Gasteiger partial charge < -0.3 is 4.74 Å². The molecule has 1 N–H and O–H groups in total. The summed E-state index contributed by atoms with van der Waals surface area (Å²) in [6, 6.07) is 9.02. The number of hydrogen-bond donors (Lipinski definition) is 1. The van der Waals surface area contributed by atoms with E-state index in [0.717, 1.165) is 34.8 Å². The number of aromatic nitrogens is 3. The number of thiazole rings is 1. The van der Waals surface area contributed by atoms with E-state index in [1.165, 1.54) is 22.7 Å². The Hall–Kier alpha value is -2.68. The molecule has 0 atom stereocenters. The molecule has 4 aromatic rings. The molecule has 0 aliphatic heterocycles. The fourth-order valence-electron chi connectivity index (χ4n) is 2.90. The second-order valence-electron chi connectivity index (χ2n) is 6.51. The molecule has 0 aliphatic carbocycles. The molecule has 0 aliphatic rings. The van der Waals surface area contributed by atoms with Crippen LogP contribution in [0.25, 0.3) is 11.3 Å². The Balaban J connectivity index is 1.38. The minimum atomic E-state index is -0.181. The highest BCUT2D eigenvalue weighted by molar-refractivity contribution is 7.14. The highest BCUT2D eigenvalue weighted by Gasteiger charge is 2.15. The summed E-state index contributed by atoms with van der Waals surface area (Å²) in [5.41, 5.74) is 3.79. The van der Waals surface area contributed by atoms with Crippen LogP contribution < -0.4 is 10.1 Å². The van der Waals surface area contributed by atoms with Crippen LogP contribution in [0.5, 0.6) is 5.75 Å². The zero-order valence-electron chi connectivity index (χ0n) is 16.4. The Kier molecular flexibility index (Phi) is 6.17. The summed E-state index contributed by atoms with van der Waals surface area (Å²) in [7, 11) is 0. The number of hydrogen-bond acceptors (Lipinski definition) is 6. The number of benzene rings is 1. The minimum Gasteiger partial charge on any atom is -0.489 e. The number of rotatable bonds is 7. The topological polar surface area (TPSA) is 69.0 Å². The van der Waals surface area contributed by atoms with Crippen molar-refractivity contribution >= 4 is 45.3 Å². The lowest BCUT2D eigenvalue weighted by Gasteiger charge is -2.04. The SMILES string of the molecule is CCn1ncc(-c2csc(NC(=O)c3cc(COc4ccc(Cl)cc4)cs3)n2)c1C. The molecule has 3 heterocycles. The molecular weight excluding hydrogens is 440 g/mol. The third kappa shape index (κ3) is 4.56. The van der Waals surface area contributed by atoms with E-state index < -0.39 is 0 Å². The first-order valence-electron chi connectivity index (χ1n) is 9.29. The Morgan fingerprint density at radius 1 is 1.23 bits per heavy atom. The third-order valence-corrected chi connectivity index (χ3v) is 6.49. The molecule has 0 unspecified atom stereocenters. The average Bonchev–Trinajstić information content (AvgIpc) is 3.47. The predicted octanol–water partition coefficient (Wildman–Crippen LogP) is 5.88. The van der Waals surface area contributed by atoms with Crippen LogP contribution in [0.1, 0.15) is 27.9 Å². The lowest BCUT2D eigenvalue weighted by atomic mass is 10.2. The highest BCUT2D eigenvalue weighted by atomic mass is 35.5. The van der Waals surface area contributed by atoms with Crippen molar-refractivity contribution in [3.8, 4) is 17.0 Å². The van der Waals surface area contributed by atoms with E-state index in [9.17, 15) is 4.79 Å². The average molecular weight is 459 g/mol. The summed E-state index contributed by atoms with van der Waals surface area (Å²) in [6.45, 7) is 5.25. The number of nitrogens with one attached hydrogen (secondary N) is 1. The molecule has 0 saturated heterocycles. The first kappa shape index (κ1) is 20.6. The lowest BCUT2D eigenvalue weighted by Crippen LogP contribution is -2.09. The zero-order valence-corrected chi connectivity index (χ0v) is 18.8. The van der Waals surface area contributed by atoms with Gasteiger partial charge in [-0.1, -0.05) is 11.6 Å². The van der Waals surface area contributed by atoms with Gasteiger partial charge in [0.15, 0.2) is 5.13 Å². The first-order valence-corrected chi connectivity index (χ1v) is 11.4. The molecule has 6 nitrogen and oxygen atoms in total. The minimum absolute atomic E-state index is 0.181. The first-order chi connectivity index (χ1) is 14.5. The van der Waals surface area contributed by atoms with Crippen molar-refractivity contribution in [3.05, 3.63) is 68.4 Å². The van der Waals surface area contributed by atoms with Gasteiger partial charge in [-0.2, -0.15) is 5.10 Å². The van der Waals surface area contributed by atoms with Gasteiger partial charge in [0, 0.05) is 33.8 Å². The fourth-order valence-corrected chi connectivity index (χ4v) is 4.52. The Labute approximate surface area is 187 Å². The van der Waals surface area contributed by atoms with Crippen molar-refractivity contribution in [2.45, 2.75) is 27.0 Å². The Bertz CT molecular complexity index is 1160. The lowest BCUT2D eigenvalue weighted by molar-refractivity contribution is 0.103. The second kappa shape index (κ2) is 8.99. The van der Waals surface area contributed by atoms with Crippen molar-refractivity contribution in [1.82, 2.24) is 14.8 Å². The van der Waals surface area contributed by atoms with Crippen LogP contribution in [0.3, 0.4) is 0 Å². The van der Waals surface area contributed by atoms with E-state index in [2.05, 4.69) is 15.4 Å². The summed E-state index contributed by atoms with van der Waals surface area (Å²) >= 11 is 8.65. The third-order valence-electron chi connectivity index (χ3n) is 4.50. The van der Waals surface area contributed by atoms with Gasteiger partial charge in [-0.15, -0.1) is 22.7 Å². The van der Waals surface area contributed by atoms with Crippen molar-refractivity contribution in [3.63, 3.8) is 0 Å². The number of nitrogens with zero attached hydrogens (tertiary/aromatic N) is 3. The van der Waals surface area contributed by atoms with E-state index >= 15 is 0 Å². The Morgan fingerprint density at radius 3 is 2.77 bits per heavy atom. The van der Waals surface area contributed by atoms with Crippen molar-refractivity contribution in [2.75, 3.05) is 5.32 Å². The van der Waals surface area contributed by atoms with Crippen LogP contribution in [-0.2, 0) is 13.2 Å². The number of thiophene rings is 1. The largest absolute Gasteiger partial charge is 0.489 e. The van der Waals surface area contributed by atoms with Crippen LogP contribution in [-0.4, -0.2) is 20.7 Å². The van der Waals surface area contributed by atoms with E-state index in [1.807, 2.05) is 53.7 Å². The number of carbonyl (C=O) groups excluding carboxylic acids is 1. The number of amides is 1. The van der Waals surface area contributed by atoms with Crippen LogP contribution >= 0.6 is 34.3 Å². The van der Waals surface area contributed by atoms with Gasteiger partial charge in [-0.25, -0.2) is 4.98 Å². The molecule has 1 aromatic carbocycles. The molecule has 0 saturated carbocycles.